The Kier molecular flexibility index (Phi) is 2.56. The third-order valence-corrected chi connectivity index (χ3v) is 1.73. The lowest BCUT2D eigenvalue weighted by Gasteiger charge is -1.94. The van der Waals surface area contributed by atoms with E-state index in [-0.39, 0.29) is 6.54 Å². The van der Waals surface area contributed by atoms with Crippen LogP contribution in [0, 0.1) is 6.92 Å². The Morgan fingerprint density at radius 1 is 1.91 bits per heavy atom. The summed E-state index contributed by atoms with van der Waals surface area (Å²) in [6.07, 6.45) is 0. The van der Waals surface area contributed by atoms with Crippen molar-refractivity contribution in [2.24, 2.45) is 5.73 Å². The maximum atomic E-state index is 10.6. The van der Waals surface area contributed by atoms with Gasteiger partial charge in [-0.05, 0) is 6.92 Å². The summed E-state index contributed by atoms with van der Waals surface area (Å²) >= 11 is 1.43. The lowest BCUT2D eigenvalue weighted by molar-refractivity contribution is -0.133. The van der Waals surface area contributed by atoms with E-state index in [9.17, 15) is 4.79 Å². The molecule has 0 spiro atoms. The summed E-state index contributed by atoms with van der Waals surface area (Å²) in [4.78, 5) is 14.5. The second kappa shape index (κ2) is 3.45. The lowest BCUT2D eigenvalue weighted by atomic mass is 10.7. The predicted octanol–water partition coefficient (Wildman–Crippen LogP) is 0.316. The lowest BCUT2D eigenvalue weighted by Crippen LogP contribution is -2.19. The number of rotatable bonds is 2. The number of thiazole rings is 1. The van der Waals surface area contributed by atoms with Gasteiger partial charge < -0.3 is 10.5 Å². The van der Waals surface area contributed by atoms with Gasteiger partial charge in [-0.1, -0.05) is 0 Å². The van der Waals surface area contributed by atoms with Crippen LogP contribution in [0.5, 0.6) is 5.88 Å². The Labute approximate surface area is 68.0 Å². The molecule has 0 amide bonds. The zero-order chi connectivity index (χ0) is 8.27. The van der Waals surface area contributed by atoms with Gasteiger partial charge in [-0.25, -0.2) is 4.98 Å². The molecule has 4 nitrogen and oxygen atoms in total. The number of hydrogen-bond acceptors (Lipinski definition) is 5. The van der Waals surface area contributed by atoms with E-state index < -0.39 is 5.97 Å². The Hall–Kier alpha value is -0.940. The molecule has 0 bridgehead atoms. The number of carbonyl (C=O) groups is 1. The van der Waals surface area contributed by atoms with Crippen LogP contribution in [0.4, 0.5) is 0 Å². The third-order valence-electron chi connectivity index (χ3n) is 0.983. The van der Waals surface area contributed by atoms with E-state index in [0.717, 1.165) is 5.01 Å². The first kappa shape index (κ1) is 8.16. The van der Waals surface area contributed by atoms with Gasteiger partial charge in [0.05, 0.1) is 16.9 Å². The first-order valence-electron chi connectivity index (χ1n) is 3.05. The second-order valence-electron chi connectivity index (χ2n) is 1.88. The maximum absolute atomic E-state index is 10.6. The fourth-order valence-corrected chi connectivity index (χ4v) is 1.06. The van der Waals surface area contributed by atoms with Gasteiger partial charge in [-0.2, -0.15) is 0 Å². The van der Waals surface area contributed by atoms with E-state index in [0.29, 0.717) is 5.88 Å². The van der Waals surface area contributed by atoms with Gasteiger partial charge in [-0.3, -0.25) is 4.79 Å². The molecule has 1 heterocycles. The van der Waals surface area contributed by atoms with Crippen LogP contribution in [0.15, 0.2) is 5.38 Å². The Bertz CT molecular complexity index is 259. The van der Waals surface area contributed by atoms with Crippen LogP contribution in [-0.4, -0.2) is 17.5 Å². The predicted molar refractivity (Wildman–Crippen MR) is 41.5 cm³/mol. The fourth-order valence-electron chi connectivity index (χ4n) is 0.549. The Morgan fingerprint density at radius 3 is 3.09 bits per heavy atom. The highest BCUT2D eigenvalue weighted by Gasteiger charge is 2.03. The van der Waals surface area contributed by atoms with Crippen LogP contribution in [0.2, 0.25) is 0 Å². The molecule has 0 aliphatic heterocycles. The number of ether oxygens (including phenoxy) is 1. The second-order valence-corrected chi connectivity index (χ2v) is 2.95. The molecule has 60 valence electrons. The summed E-state index contributed by atoms with van der Waals surface area (Å²) in [6, 6.07) is 0. The van der Waals surface area contributed by atoms with Gasteiger partial charge in [0, 0.05) is 0 Å². The van der Waals surface area contributed by atoms with Gasteiger partial charge in [-0.15, -0.1) is 11.3 Å². The highest BCUT2D eigenvalue weighted by Crippen LogP contribution is 2.14. The molecular formula is C6H8N2O2S. The van der Waals surface area contributed by atoms with Crippen molar-refractivity contribution in [2.45, 2.75) is 6.92 Å². The van der Waals surface area contributed by atoms with E-state index >= 15 is 0 Å². The molecule has 1 aromatic rings. The Balaban J connectivity index is 2.57. The van der Waals surface area contributed by atoms with Gasteiger partial charge in [0.1, 0.15) is 0 Å². The number of aryl methyl sites for hydroxylation is 1. The third kappa shape index (κ3) is 2.28. The van der Waals surface area contributed by atoms with E-state index in [2.05, 4.69) is 4.98 Å². The van der Waals surface area contributed by atoms with Gasteiger partial charge in [0.25, 0.3) is 0 Å². The number of aromatic nitrogens is 1. The van der Waals surface area contributed by atoms with E-state index in [1.807, 2.05) is 6.92 Å². The van der Waals surface area contributed by atoms with Crippen LogP contribution in [0.25, 0.3) is 0 Å². The average Bonchev–Trinajstić information content (AvgIpc) is 2.35. The molecule has 0 saturated carbocycles. The van der Waals surface area contributed by atoms with Crippen molar-refractivity contribution in [1.82, 2.24) is 4.98 Å². The number of nitrogens with zero attached hydrogens (tertiary/aromatic N) is 1. The van der Waals surface area contributed by atoms with Crippen molar-refractivity contribution >= 4 is 17.3 Å². The normalized spacial score (nSPS) is 9.64. The summed E-state index contributed by atoms with van der Waals surface area (Å²) < 4.78 is 4.72. The molecule has 0 aliphatic rings. The summed E-state index contributed by atoms with van der Waals surface area (Å²) in [5, 5.41) is 2.54. The van der Waals surface area contributed by atoms with Crippen LogP contribution in [-0.2, 0) is 4.79 Å². The minimum Gasteiger partial charge on any atom is -0.406 e. The topological polar surface area (TPSA) is 65.2 Å². The molecule has 0 unspecified atom stereocenters. The van der Waals surface area contributed by atoms with Crippen LogP contribution < -0.4 is 10.5 Å². The molecule has 0 atom stereocenters. The number of carbonyl (C=O) groups excluding carboxylic acids is 1. The molecule has 2 N–H and O–H groups in total. The van der Waals surface area contributed by atoms with Crippen LogP contribution in [0.1, 0.15) is 5.01 Å². The van der Waals surface area contributed by atoms with Crippen molar-refractivity contribution in [3.05, 3.63) is 10.4 Å². The maximum Gasteiger partial charge on any atom is 0.326 e. The van der Waals surface area contributed by atoms with Crippen LogP contribution in [0.3, 0.4) is 0 Å². The van der Waals surface area contributed by atoms with Crippen molar-refractivity contribution < 1.29 is 9.53 Å². The molecule has 0 aliphatic carbocycles. The zero-order valence-electron chi connectivity index (χ0n) is 6.03. The summed E-state index contributed by atoms with van der Waals surface area (Å²) in [6.45, 7) is 1.72. The van der Waals surface area contributed by atoms with E-state index in [1.54, 1.807) is 5.38 Å². The molecule has 5 heteroatoms. The molecule has 0 aromatic carbocycles. The smallest absolute Gasteiger partial charge is 0.326 e. The van der Waals surface area contributed by atoms with Crippen molar-refractivity contribution in [3.63, 3.8) is 0 Å². The average molecular weight is 172 g/mol. The highest BCUT2D eigenvalue weighted by atomic mass is 32.1. The molecular weight excluding hydrogens is 164 g/mol. The first-order chi connectivity index (χ1) is 5.22. The largest absolute Gasteiger partial charge is 0.406 e. The van der Waals surface area contributed by atoms with Crippen LogP contribution >= 0.6 is 11.3 Å². The van der Waals surface area contributed by atoms with Gasteiger partial charge in [0.15, 0.2) is 0 Å². The van der Waals surface area contributed by atoms with E-state index in [4.69, 9.17) is 10.5 Å². The standard InChI is InChI=1S/C6H8N2O2S/c1-4-8-5(3-11-4)10-6(9)2-7/h3H,2,7H2,1H3. The van der Waals surface area contributed by atoms with Gasteiger partial charge >= 0.3 is 5.97 Å². The minimum atomic E-state index is -0.463. The van der Waals surface area contributed by atoms with Crippen molar-refractivity contribution in [2.75, 3.05) is 6.54 Å². The van der Waals surface area contributed by atoms with Gasteiger partial charge in [0.2, 0.25) is 5.88 Å². The summed E-state index contributed by atoms with van der Waals surface area (Å²) in [5.41, 5.74) is 5.03. The SMILES string of the molecule is Cc1nc(OC(=O)CN)cs1. The quantitative estimate of drug-likeness (QED) is 0.652. The first-order valence-corrected chi connectivity index (χ1v) is 3.93. The molecule has 11 heavy (non-hydrogen) atoms. The molecule has 0 fully saturated rings. The Morgan fingerprint density at radius 2 is 2.64 bits per heavy atom. The number of esters is 1. The number of nitrogens with two attached hydrogens (primary N) is 1. The zero-order valence-corrected chi connectivity index (χ0v) is 6.85. The monoisotopic (exact) mass is 172 g/mol. The molecule has 0 saturated heterocycles. The fraction of sp³-hybridized carbons (Fsp3) is 0.333. The van der Waals surface area contributed by atoms with E-state index in [1.165, 1.54) is 11.3 Å². The minimum absolute atomic E-state index is 0.115. The molecule has 1 rings (SSSR count). The number of hydrogen-bond donors (Lipinski definition) is 1. The summed E-state index contributed by atoms with van der Waals surface area (Å²) in [5.74, 6) is -0.127. The molecule has 0 radical (unpaired) electrons. The summed E-state index contributed by atoms with van der Waals surface area (Å²) in [7, 11) is 0. The highest BCUT2D eigenvalue weighted by molar-refractivity contribution is 7.09. The van der Waals surface area contributed by atoms with Crippen molar-refractivity contribution in [1.29, 1.82) is 0 Å². The molecule has 1 aromatic heterocycles. The van der Waals surface area contributed by atoms with Crippen molar-refractivity contribution in [3.8, 4) is 5.88 Å².